The minimum Gasteiger partial charge on any atom is -0.359 e. The van der Waals surface area contributed by atoms with Crippen molar-refractivity contribution in [3.8, 4) is 0 Å². The largest absolute Gasteiger partial charge is 0.359 e. The molecule has 0 fully saturated rings. The number of anilines is 1. The lowest BCUT2D eigenvalue weighted by molar-refractivity contribution is 0.585. The van der Waals surface area contributed by atoms with Crippen LogP contribution in [0.1, 0.15) is 0 Å². The summed E-state index contributed by atoms with van der Waals surface area (Å²) in [7, 11) is -3.49. The SMILES string of the molecule is C=CCNC(=S)Nc1ccc(S(=O)(=O)NCC=C)cc1. The van der Waals surface area contributed by atoms with E-state index in [2.05, 4.69) is 28.5 Å². The molecule has 0 saturated carbocycles. The molecule has 0 heterocycles. The van der Waals surface area contributed by atoms with Crippen LogP contribution in [0.4, 0.5) is 5.69 Å². The maximum absolute atomic E-state index is 11.8. The molecule has 0 aliphatic rings. The Labute approximate surface area is 124 Å². The quantitative estimate of drug-likeness (QED) is 0.527. The van der Waals surface area contributed by atoms with Crippen LogP contribution in [-0.4, -0.2) is 26.6 Å². The predicted molar refractivity (Wildman–Crippen MR) is 86.2 cm³/mol. The first kappa shape index (κ1) is 16.4. The van der Waals surface area contributed by atoms with E-state index in [9.17, 15) is 8.42 Å². The molecular weight excluding hydrogens is 294 g/mol. The number of hydrogen-bond donors (Lipinski definition) is 3. The van der Waals surface area contributed by atoms with Crippen LogP contribution in [0.2, 0.25) is 0 Å². The van der Waals surface area contributed by atoms with E-state index in [-0.39, 0.29) is 11.4 Å². The fourth-order valence-corrected chi connectivity index (χ4v) is 2.51. The Morgan fingerprint density at radius 3 is 2.30 bits per heavy atom. The molecule has 0 aliphatic heterocycles. The highest BCUT2D eigenvalue weighted by atomic mass is 32.2. The lowest BCUT2D eigenvalue weighted by Crippen LogP contribution is -2.28. The minimum atomic E-state index is -3.49. The summed E-state index contributed by atoms with van der Waals surface area (Å²) in [6.07, 6.45) is 3.17. The summed E-state index contributed by atoms with van der Waals surface area (Å²) in [5.41, 5.74) is 0.703. The average Bonchev–Trinajstić information content (AvgIpc) is 2.43. The van der Waals surface area contributed by atoms with E-state index in [1.807, 2.05) is 0 Å². The highest BCUT2D eigenvalue weighted by molar-refractivity contribution is 7.89. The van der Waals surface area contributed by atoms with Crippen molar-refractivity contribution in [1.82, 2.24) is 10.0 Å². The van der Waals surface area contributed by atoms with Crippen molar-refractivity contribution in [3.05, 3.63) is 49.6 Å². The molecular formula is C13H17N3O2S2. The first-order valence-corrected chi connectivity index (χ1v) is 7.75. The number of thiocarbonyl (C=S) groups is 1. The Hall–Kier alpha value is -1.70. The number of hydrogen-bond acceptors (Lipinski definition) is 3. The topological polar surface area (TPSA) is 70.2 Å². The van der Waals surface area contributed by atoms with E-state index < -0.39 is 10.0 Å². The van der Waals surface area contributed by atoms with Crippen LogP contribution in [0.25, 0.3) is 0 Å². The second kappa shape index (κ2) is 7.78. The normalized spacial score (nSPS) is 10.6. The fraction of sp³-hybridized carbons (Fsp3) is 0.154. The summed E-state index contributed by atoms with van der Waals surface area (Å²) in [6.45, 7) is 7.79. The zero-order valence-electron chi connectivity index (χ0n) is 10.9. The second-order valence-electron chi connectivity index (χ2n) is 3.79. The van der Waals surface area contributed by atoms with Crippen LogP contribution >= 0.6 is 12.2 Å². The first-order valence-electron chi connectivity index (χ1n) is 5.86. The van der Waals surface area contributed by atoms with Crippen molar-refractivity contribution >= 4 is 33.0 Å². The van der Waals surface area contributed by atoms with E-state index in [0.29, 0.717) is 17.3 Å². The maximum Gasteiger partial charge on any atom is 0.240 e. The molecule has 0 amide bonds. The molecule has 0 bridgehead atoms. The lowest BCUT2D eigenvalue weighted by atomic mass is 10.3. The third kappa shape index (κ3) is 5.12. The third-order valence-electron chi connectivity index (χ3n) is 2.25. The molecule has 0 radical (unpaired) electrons. The molecule has 1 aromatic carbocycles. The summed E-state index contributed by atoms with van der Waals surface area (Å²) in [6, 6.07) is 6.29. The van der Waals surface area contributed by atoms with Gasteiger partial charge in [-0.1, -0.05) is 12.2 Å². The smallest absolute Gasteiger partial charge is 0.240 e. The molecule has 1 rings (SSSR count). The van der Waals surface area contributed by atoms with Gasteiger partial charge in [0.2, 0.25) is 10.0 Å². The van der Waals surface area contributed by atoms with E-state index in [1.54, 1.807) is 18.2 Å². The molecule has 3 N–H and O–H groups in total. The number of rotatable bonds is 7. The predicted octanol–water partition coefficient (Wildman–Crippen LogP) is 1.62. The Bertz CT molecular complexity index is 580. The van der Waals surface area contributed by atoms with Crippen LogP contribution in [0, 0.1) is 0 Å². The Kier molecular flexibility index (Phi) is 6.37. The van der Waals surface area contributed by atoms with Crippen molar-refractivity contribution in [3.63, 3.8) is 0 Å². The van der Waals surface area contributed by atoms with Crippen LogP contribution in [0.3, 0.4) is 0 Å². The Morgan fingerprint density at radius 1 is 1.15 bits per heavy atom. The van der Waals surface area contributed by atoms with E-state index in [4.69, 9.17) is 12.2 Å². The van der Waals surface area contributed by atoms with Gasteiger partial charge in [-0.3, -0.25) is 0 Å². The standard InChI is InChI=1S/C13H17N3O2S2/c1-3-9-14-13(19)16-11-5-7-12(8-6-11)20(17,18)15-10-4-2/h3-8,15H,1-2,9-10H2,(H2,14,16,19). The molecule has 0 unspecified atom stereocenters. The van der Waals surface area contributed by atoms with Crippen LogP contribution in [0.15, 0.2) is 54.5 Å². The van der Waals surface area contributed by atoms with E-state index >= 15 is 0 Å². The van der Waals surface area contributed by atoms with Gasteiger partial charge < -0.3 is 10.6 Å². The maximum atomic E-state index is 11.8. The number of benzene rings is 1. The first-order chi connectivity index (χ1) is 9.49. The van der Waals surface area contributed by atoms with Crippen LogP contribution < -0.4 is 15.4 Å². The summed E-state index contributed by atoms with van der Waals surface area (Å²) in [5, 5.41) is 6.30. The molecule has 1 aromatic rings. The molecule has 0 saturated heterocycles. The van der Waals surface area contributed by atoms with Crippen molar-refractivity contribution in [2.75, 3.05) is 18.4 Å². The fourth-order valence-electron chi connectivity index (χ4n) is 1.31. The van der Waals surface area contributed by atoms with Gasteiger partial charge in [0.1, 0.15) is 0 Å². The van der Waals surface area contributed by atoms with Crippen LogP contribution in [-0.2, 0) is 10.0 Å². The summed E-state index contributed by atoms with van der Waals surface area (Å²) >= 11 is 5.05. The second-order valence-corrected chi connectivity index (χ2v) is 5.96. The molecule has 108 valence electrons. The Morgan fingerprint density at radius 2 is 1.75 bits per heavy atom. The van der Waals surface area contributed by atoms with Gasteiger partial charge in [-0.15, -0.1) is 13.2 Å². The summed E-state index contributed by atoms with van der Waals surface area (Å²) in [5.74, 6) is 0. The van der Waals surface area contributed by atoms with Gasteiger partial charge in [0.25, 0.3) is 0 Å². The van der Waals surface area contributed by atoms with Gasteiger partial charge in [0.15, 0.2) is 5.11 Å². The van der Waals surface area contributed by atoms with Crippen molar-refractivity contribution < 1.29 is 8.42 Å². The molecule has 0 aromatic heterocycles. The third-order valence-corrected chi connectivity index (χ3v) is 3.93. The molecule has 0 spiro atoms. The molecule has 7 heteroatoms. The van der Waals surface area contributed by atoms with E-state index in [0.717, 1.165) is 0 Å². The molecule has 0 atom stereocenters. The number of sulfonamides is 1. The molecule has 0 aliphatic carbocycles. The van der Waals surface area contributed by atoms with Gasteiger partial charge in [-0.2, -0.15) is 0 Å². The summed E-state index contributed by atoms with van der Waals surface area (Å²) in [4.78, 5) is 0.190. The van der Waals surface area contributed by atoms with Gasteiger partial charge in [-0.05, 0) is 36.5 Å². The average molecular weight is 311 g/mol. The van der Waals surface area contributed by atoms with Crippen molar-refractivity contribution in [2.24, 2.45) is 0 Å². The molecule has 5 nitrogen and oxygen atoms in total. The number of nitrogens with one attached hydrogen (secondary N) is 3. The van der Waals surface area contributed by atoms with Crippen molar-refractivity contribution in [1.29, 1.82) is 0 Å². The molecule has 20 heavy (non-hydrogen) atoms. The minimum absolute atomic E-state index is 0.190. The zero-order valence-corrected chi connectivity index (χ0v) is 12.6. The van der Waals surface area contributed by atoms with Crippen LogP contribution in [0.5, 0.6) is 0 Å². The van der Waals surface area contributed by atoms with Gasteiger partial charge in [0.05, 0.1) is 4.90 Å². The Balaban J connectivity index is 2.71. The summed E-state index contributed by atoms with van der Waals surface area (Å²) < 4.78 is 26.1. The monoisotopic (exact) mass is 311 g/mol. The highest BCUT2D eigenvalue weighted by Gasteiger charge is 2.12. The van der Waals surface area contributed by atoms with Gasteiger partial charge >= 0.3 is 0 Å². The highest BCUT2D eigenvalue weighted by Crippen LogP contribution is 2.13. The zero-order chi connectivity index (χ0) is 15.0. The lowest BCUT2D eigenvalue weighted by Gasteiger charge is -2.10. The van der Waals surface area contributed by atoms with Crippen molar-refractivity contribution in [2.45, 2.75) is 4.90 Å². The van der Waals surface area contributed by atoms with Gasteiger partial charge in [-0.25, -0.2) is 13.1 Å². The van der Waals surface area contributed by atoms with E-state index in [1.165, 1.54) is 18.2 Å². The van der Waals surface area contributed by atoms with Gasteiger partial charge in [0, 0.05) is 18.8 Å².